The fraction of sp³-hybridized carbons (Fsp3) is 0.389. The van der Waals surface area contributed by atoms with Crippen LogP contribution >= 0.6 is 0 Å². The number of carbonyl (C=O) groups is 2. The Morgan fingerprint density at radius 2 is 1.81 bits per heavy atom. The highest BCUT2D eigenvalue weighted by Gasteiger charge is 2.24. The molecule has 2 aromatic heterocycles. The molecule has 2 aromatic rings. The lowest BCUT2D eigenvalue weighted by Crippen LogP contribution is -2.49. The Balaban J connectivity index is 1.60. The summed E-state index contributed by atoms with van der Waals surface area (Å²) in [5.41, 5.74) is 0.757. The number of hydrogen-bond acceptors (Lipinski definition) is 7. The predicted octanol–water partition coefficient (Wildman–Crippen LogP) is 0.210. The molecule has 0 saturated carbocycles. The van der Waals surface area contributed by atoms with Gasteiger partial charge in [0.05, 0.1) is 17.7 Å². The Kier molecular flexibility index (Phi) is 6.26. The van der Waals surface area contributed by atoms with E-state index in [2.05, 4.69) is 20.3 Å². The first kappa shape index (κ1) is 18.7. The van der Waals surface area contributed by atoms with Gasteiger partial charge < -0.3 is 19.9 Å². The molecule has 0 radical (unpaired) electrons. The van der Waals surface area contributed by atoms with E-state index in [0.29, 0.717) is 56.4 Å². The van der Waals surface area contributed by atoms with E-state index >= 15 is 0 Å². The van der Waals surface area contributed by atoms with Gasteiger partial charge in [0.15, 0.2) is 0 Å². The summed E-state index contributed by atoms with van der Waals surface area (Å²) >= 11 is 0. The molecule has 1 fully saturated rings. The quantitative estimate of drug-likeness (QED) is 0.726. The summed E-state index contributed by atoms with van der Waals surface area (Å²) in [6.07, 6.45) is 6.34. The lowest BCUT2D eigenvalue weighted by molar-refractivity contribution is 0.0746. The summed E-state index contributed by atoms with van der Waals surface area (Å²) in [4.78, 5) is 41.2. The Bertz CT molecular complexity index is 778. The topological polar surface area (TPSA) is 101 Å². The molecule has 0 aromatic carbocycles. The molecule has 1 saturated heterocycles. The largest absolute Gasteiger partial charge is 0.383 e. The van der Waals surface area contributed by atoms with Crippen molar-refractivity contribution in [1.82, 2.24) is 25.2 Å². The molecular weight excluding hydrogens is 348 g/mol. The maximum Gasteiger partial charge on any atom is 0.255 e. The van der Waals surface area contributed by atoms with Crippen molar-refractivity contribution in [3.63, 3.8) is 0 Å². The maximum atomic E-state index is 12.8. The summed E-state index contributed by atoms with van der Waals surface area (Å²) in [5, 5.41) is 2.72. The second-order valence-electron chi connectivity index (χ2n) is 6.04. The molecule has 3 rings (SSSR count). The van der Waals surface area contributed by atoms with Crippen molar-refractivity contribution in [2.24, 2.45) is 0 Å². The molecule has 0 unspecified atom stereocenters. The lowest BCUT2D eigenvalue weighted by atomic mass is 10.1. The lowest BCUT2D eigenvalue weighted by Gasteiger charge is -2.34. The Morgan fingerprint density at radius 1 is 1.11 bits per heavy atom. The predicted molar refractivity (Wildman–Crippen MR) is 98.6 cm³/mol. The van der Waals surface area contributed by atoms with Crippen molar-refractivity contribution < 1.29 is 14.3 Å². The van der Waals surface area contributed by atoms with Gasteiger partial charge in [-0.25, -0.2) is 9.97 Å². The van der Waals surface area contributed by atoms with E-state index in [4.69, 9.17) is 4.74 Å². The maximum absolute atomic E-state index is 12.8. The van der Waals surface area contributed by atoms with Gasteiger partial charge in [-0.2, -0.15) is 0 Å². The van der Waals surface area contributed by atoms with Gasteiger partial charge in [0.25, 0.3) is 11.8 Å². The van der Waals surface area contributed by atoms with E-state index in [0.717, 1.165) is 0 Å². The first-order valence-corrected chi connectivity index (χ1v) is 8.72. The van der Waals surface area contributed by atoms with Crippen LogP contribution in [0.4, 0.5) is 5.95 Å². The highest BCUT2D eigenvalue weighted by Crippen LogP contribution is 2.13. The summed E-state index contributed by atoms with van der Waals surface area (Å²) in [7, 11) is 1.57. The van der Waals surface area contributed by atoms with Gasteiger partial charge in [-0.3, -0.25) is 14.6 Å². The molecule has 0 aliphatic carbocycles. The minimum absolute atomic E-state index is 0.136. The fourth-order valence-electron chi connectivity index (χ4n) is 2.80. The zero-order chi connectivity index (χ0) is 19.1. The molecule has 27 heavy (non-hydrogen) atoms. The smallest absolute Gasteiger partial charge is 0.255 e. The average Bonchev–Trinajstić information content (AvgIpc) is 2.74. The molecule has 1 aliphatic heterocycles. The minimum atomic E-state index is -0.278. The second-order valence-corrected chi connectivity index (χ2v) is 6.04. The van der Waals surface area contributed by atoms with Crippen molar-refractivity contribution in [3.8, 4) is 0 Å². The van der Waals surface area contributed by atoms with Crippen molar-refractivity contribution in [1.29, 1.82) is 0 Å². The third-order valence-corrected chi connectivity index (χ3v) is 4.24. The van der Waals surface area contributed by atoms with Crippen LogP contribution in [-0.2, 0) is 4.74 Å². The number of ether oxygens (including phenoxy) is 1. The van der Waals surface area contributed by atoms with E-state index in [-0.39, 0.29) is 11.8 Å². The number of carbonyl (C=O) groups excluding carboxylic acids is 2. The van der Waals surface area contributed by atoms with Crippen LogP contribution in [0.3, 0.4) is 0 Å². The number of hydrogen-bond donors (Lipinski definition) is 1. The first-order chi connectivity index (χ1) is 13.2. The van der Waals surface area contributed by atoms with Gasteiger partial charge in [0.1, 0.15) is 0 Å². The number of pyridine rings is 1. The molecule has 142 valence electrons. The first-order valence-electron chi connectivity index (χ1n) is 8.72. The number of nitrogens with one attached hydrogen (secondary N) is 1. The Morgan fingerprint density at radius 3 is 2.52 bits per heavy atom. The zero-order valence-electron chi connectivity index (χ0n) is 15.2. The molecule has 9 heteroatoms. The normalized spacial score (nSPS) is 14.1. The average molecular weight is 370 g/mol. The van der Waals surface area contributed by atoms with Gasteiger partial charge >= 0.3 is 0 Å². The highest BCUT2D eigenvalue weighted by atomic mass is 16.5. The molecule has 0 spiro atoms. The number of anilines is 1. The van der Waals surface area contributed by atoms with E-state index in [1.165, 1.54) is 12.4 Å². The van der Waals surface area contributed by atoms with Crippen molar-refractivity contribution in [2.45, 2.75) is 0 Å². The zero-order valence-corrected chi connectivity index (χ0v) is 15.2. The van der Waals surface area contributed by atoms with Crippen LogP contribution in [0.15, 0.2) is 36.9 Å². The standard InChI is InChI=1S/C18H22N6O3/c1-27-10-5-20-16(25)14-11-15(13-19-12-14)17(26)23-6-8-24(9-7-23)18-21-3-2-4-22-18/h2-4,11-13H,5-10H2,1H3,(H,20,25). The van der Waals surface area contributed by atoms with Crippen LogP contribution in [0.5, 0.6) is 0 Å². The number of rotatable bonds is 6. The van der Waals surface area contributed by atoms with Crippen LogP contribution in [0.25, 0.3) is 0 Å². The fourth-order valence-corrected chi connectivity index (χ4v) is 2.80. The van der Waals surface area contributed by atoms with Crippen molar-refractivity contribution in [2.75, 3.05) is 51.3 Å². The number of aromatic nitrogens is 3. The van der Waals surface area contributed by atoms with Crippen LogP contribution in [0.2, 0.25) is 0 Å². The van der Waals surface area contributed by atoms with Crippen molar-refractivity contribution in [3.05, 3.63) is 48.0 Å². The summed E-state index contributed by atoms with van der Waals surface area (Å²) < 4.78 is 4.91. The minimum Gasteiger partial charge on any atom is -0.383 e. The summed E-state index contributed by atoms with van der Waals surface area (Å²) in [5.74, 6) is 0.254. The summed E-state index contributed by atoms with van der Waals surface area (Å²) in [6.45, 7) is 3.24. The molecule has 1 aliphatic rings. The van der Waals surface area contributed by atoms with Gasteiger partial charge in [-0.15, -0.1) is 0 Å². The van der Waals surface area contributed by atoms with Gasteiger partial charge in [0.2, 0.25) is 5.95 Å². The van der Waals surface area contributed by atoms with Crippen LogP contribution in [0, 0.1) is 0 Å². The molecule has 3 heterocycles. The second kappa shape index (κ2) is 9.04. The molecule has 0 atom stereocenters. The van der Waals surface area contributed by atoms with Crippen molar-refractivity contribution >= 4 is 17.8 Å². The molecular formula is C18H22N6O3. The van der Waals surface area contributed by atoms with Gasteiger partial charge in [0, 0.05) is 64.6 Å². The molecule has 9 nitrogen and oxygen atoms in total. The summed E-state index contributed by atoms with van der Waals surface area (Å²) in [6, 6.07) is 3.35. The Hall–Kier alpha value is -3.07. The van der Waals surface area contributed by atoms with Crippen LogP contribution in [0.1, 0.15) is 20.7 Å². The van der Waals surface area contributed by atoms with Gasteiger partial charge in [-0.1, -0.05) is 0 Å². The van der Waals surface area contributed by atoms with E-state index < -0.39 is 0 Å². The van der Waals surface area contributed by atoms with Gasteiger partial charge in [-0.05, 0) is 12.1 Å². The third kappa shape index (κ3) is 4.76. The van der Waals surface area contributed by atoms with Crippen LogP contribution in [-0.4, -0.2) is 78.1 Å². The van der Waals surface area contributed by atoms with E-state index in [1.54, 1.807) is 36.5 Å². The van der Waals surface area contributed by atoms with E-state index in [9.17, 15) is 9.59 Å². The molecule has 2 amide bonds. The van der Waals surface area contributed by atoms with E-state index in [1.807, 2.05) is 4.90 Å². The van der Waals surface area contributed by atoms with Crippen LogP contribution < -0.4 is 10.2 Å². The Labute approximate surface area is 157 Å². The third-order valence-electron chi connectivity index (χ3n) is 4.24. The SMILES string of the molecule is COCCNC(=O)c1cncc(C(=O)N2CCN(c3ncccn3)CC2)c1. The molecule has 1 N–H and O–H groups in total. The monoisotopic (exact) mass is 370 g/mol. The molecule has 0 bridgehead atoms. The highest BCUT2D eigenvalue weighted by molar-refractivity contribution is 5.99. The number of piperazine rings is 1. The number of methoxy groups -OCH3 is 1. The number of nitrogens with zero attached hydrogens (tertiary/aromatic N) is 5. The number of amides is 2.